The lowest BCUT2D eigenvalue weighted by Crippen LogP contribution is -2.19. The van der Waals surface area contributed by atoms with E-state index in [9.17, 15) is 14.4 Å². The third-order valence-corrected chi connectivity index (χ3v) is 2.72. The van der Waals surface area contributed by atoms with Gasteiger partial charge in [-0.2, -0.15) is 0 Å². The first-order valence-electron chi connectivity index (χ1n) is 5.93. The molecule has 0 unspecified atom stereocenters. The van der Waals surface area contributed by atoms with E-state index in [-0.39, 0.29) is 16.9 Å². The molecule has 21 heavy (non-hydrogen) atoms. The molecule has 1 aromatic carbocycles. The Morgan fingerprint density at radius 1 is 1.24 bits per heavy atom. The van der Waals surface area contributed by atoms with Gasteiger partial charge in [0.05, 0.1) is 18.4 Å². The van der Waals surface area contributed by atoms with E-state index in [0.717, 1.165) is 0 Å². The largest absolute Gasteiger partial charge is 0.497 e. The second kappa shape index (κ2) is 5.91. The van der Waals surface area contributed by atoms with Gasteiger partial charge in [-0.15, -0.1) is 0 Å². The smallest absolute Gasteiger partial charge is 0.337 e. The number of methoxy groups -OCH3 is 1. The molecular weight excluding hydrogens is 276 g/mol. The molecule has 1 aromatic heterocycles. The lowest BCUT2D eigenvalue weighted by atomic mass is 10.1. The molecule has 0 spiro atoms. The van der Waals surface area contributed by atoms with Crippen LogP contribution in [-0.2, 0) is 0 Å². The van der Waals surface area contributed by atoms with Crippen molar-refractivity contribution in [2.24, 2.45) is 0 Å². The van der Waals surface area contributed by atoms with Crippen molar-refractivity contribution in [3.05, 3.63) is 58.0 Å². The van der Waals surface area contributed by atoms with Crippen LogP contribution in [0.15, 0.2) is 41.2 Å². The standard InChI is InChI=1S/C14H12N2O5/c1-21-8-5-6-9(14(19)20)11(7-8)16-13(18)10-3-2-4-12(17)15-10/h2-7H,1H3,(H,15,17)(H,16,18)(H,19,20). The number of aromatic nitrogens is 1. The van der Waals surface area contributed by atoms with Crippen molar-refractivity contribution in [1.29, 1.82) is 0 Å². The highest BCUT2D eigenvalue weighted by Crippen LogP contribution is 2.23. The second-order valence-corrected chi connectivity index (χ2v) is 4.10. The Labute approximate surface area is 119 Å². The molecule has 7 nitrogen and oxygen atoms in total. The van der Waals surface area contributed by atoms with E-state index in [1.165, 1.54) is 43.5 Å². The summed E-state index contributed by atoms with van der Waals surface area (Å²) in [4.78, 5) is 36.7. The van der Waals surface area contributed by atoms with Crippen LogP contribution in [0.5, 0.6) is 5.75 Å². The summed E-state index contributed by atoms with van der Waals surface area (Å²) in [6.07, 6.45) is 0. The zero-order chi connectivity index (χ0) is 15.4. The first kappa shape index (κ1) is 14.3. The number of aromatic amines is 1. The average molecular weight is 288 g/mol. The van der Waals surface area contributed by atoms with E-state index in [2.05, 4.69) is 10.3 Å². The number of H-pyrrole nitrogens is 1. The third kappa shape index (κ3) is 3.27. The minimum Gasteiger partial charge on any atom is -0.497 e. The first-order valence-corrected chi connectivity index (χ1v) is 5.93. The maximum Gasteiger partial charge on any atom is 0.337 e. The van der Waals surface area contributed by atoms with Crippen LogP contribution in [0.3, 0.4) is 0 Å². The second-order valence-electron chi connectivity index (χ2n) is 4.10. The quantitative estimate of drug-likeness (QED) is 0.786. The van der Waals surface area contributed by atoms with Gasteiger partial charge in [0, 0.05) is 12.1 Å². The molecule has 2 rings (SSSR count). The third-order valence-electron chi connectivity index (χ3n) is 2.72. The molecule has 108 valence electrons. The predicted molar refractivity (Wildman–Crippen MR) is 75.0 cm³/mol. The number of carbonyl (C=O) groups excluding carboxylic acids is 1. The fourth-order valence-corrected chi connectivity index (χ4v) is 1.71. The van der Waals surface area contributed by atoms with Crippen molar-refractivity contribution in [1.82, 2.24) is 4.98 Å². The van der Waals surface area contributed by atoms with E-state index in [1.807, 2.05) is 0 Å². The highest BCUT2D eigenvalue weighted by Gasteiger charge is 2.15. The van der Waals surface area contributed by atoms with Crippen molar-refractivity contribution in [3.8, 4) is 5.75 Å². The predicted octanol–water partition coefficient (Wildman–Crippen LogP) is 1.33. The zero-order valence-electron chi connectivity index (χ0n) is 11.0. The molecule has 2 aromatic rings. The van der Waals surface area contributed by atoms with Gasteiger partial charge in [-0.3, -0.25) is 9.59 Å². The monoisotopic (exact) mass is 288 g/mol. The fourth-order valence-electron chi connectivity index (χ4n) is 1.71. The van der Waals surface area contributed by atoms with Crippen LogP contribution in [0, 0.1) is 0 Å². The molecule has 1 heterocycles. The minimum absolute atomic E-state index is 0.0293. The van der Waals surface area contributed by atoms with Crippen LogP contribution in [0.2, 0.25) is 0 Å². The lowest BCUT2D eigenvalue weighted by Gasteiger charge is -2.10. The number of anilines is 1. The number of aromatic carboxylic acids is 1. The number of carboxylic acid groups (broad SMARTS) is 1. The number of amides is 1. The van der Waals surface area contributed by atoms with E-state index in [0.29, 0.717) is 5.75 Å². The number of carbonyl (C=O) groups is 2. The maximum absolute atomic E-state index is 12.0. The Hall–Kier alpha value is -3.09. The van der Waals surface area contributed by atoms with Crippen LogP contribution in [0.25, 0.3) is 0 Å². The van der Waals surface area contributed by atoms with E-state index in [1.54, 1.807) is 0 Å². The Kier molecular flexibility index (Phi) is 4.03. The summed E-state index contributed by atoms with van der Waals surface area (Å²) in [6, 6.07) is 8.30. The number of nitrogens with one attached hydrogen (secondary N) is 2. The summed E-state index contributed by atoms with van der Waals surface area (Å²) < 4.78 is 4.99. The molecule has 0 aliphatic carbocycles. The van der Waals surface area contributed by atoms with Gasteiger partial charge >= 0.3 is 5.97 Å². The summed E-state index contributed by atoms with van der Waals surface area (Å²) >= 11 is 0. The molecule has 0 fully saturated rings. The summed E-state index contributed by atoms with van der Waals surface area (Å²) in [5.74, 6) is -1.41. The van der Waals surface area contributed by atoms with Gasteiger partial charge in [-0.25, -0.2) is 4.79 Å². The molecular formula is C14H12N2O5. The molecule has 0 bridgehead atoms. The summed E-state index contributed by atoms with van der Waals surface area (Å²) in [7, 11) is 1.43. The molecule has 0 atom stereocenters. The molecule has 0 aliphatic heterocycles. The lowest BCUT2D eigenvalue weighted by molar-refractivity contribution is 0.0698. The molecule has 0 aliphatic rings. The molecule has 0 saturated heterocycles. The van der Waals surface area contributed by atoms with Crippen LogP contribution >= 0.6 is 0 Å². The molecule has 7 heteroatoms. The van der Waals surface area contributed by atoms with Crippen molar-refractivity contribution in [3.63, 3.8) is 0 Å². The summed E-state index contributed by atoms with van der Waals surface area (Å²) in [5, 5.41) is 11.5. The number of rotatable bonds is 4. The van der Waals surface area contributed by atoms with Gasteiger partial charge in [0.2, 0.25) is 5.56 Å². The molecule has 0 saturated carbocycles. The number of carboxylic acids is 1. The molecule has 1 amide bonds. The van der Waals surface area contributed by atoms with Crippen molar-refractivity contribution in [2.75, 3.05) is 12.4 Å². The van der Waals surface area contributed by atoms with Gasteiger partial charge < -0.3 is 20.1 Å². The highest BCUT2D eigenvalue weighted by atomic mass is 16.5. The van der Waals surface area contributed by atoms with Gasteiger partial charge in [-0.05, 0) is 18.2 Å². The average Bonchev–Trinajstić information content (AvgIpc) is 2.46. The fraction of sp³-hybridized carbons (Fsp3) is 0.0714. The number of ether oxygens (including phenoxy) is 1. The van der Waals surface area contributed by atoms with E-state index >= 15 is 0 Å². The molecule has 0 radical (unpaired) electrons. The van der Waals surface area contributed by atoms with Crippen LogP contribution in [0.4, 0.5) is 5.69 Å². The number of hydrogen-bond acceptors (Lipinski definition) is 4. The summed E-state index contributed by atoms with van der Waals surface area (Å²) in [5.41, 5.74) is -0.396. The van der Waals surface area contributed by atoms with Crippen LogP contribution in [-0.4, -0.2) is 29.1 Å². The number of hydrogen-bond donors (Lipinski definition) is 3. The van der Waals surface area contributed by atoms with Gasteiger partial charge in [0.25, 0.3) is 5.91 Å². The van der Waals surface area contributed by atoms with Gasteiger partial charge in [0.1, 0.15) is 11.4 Å². The van der Waals surface area contributed by atoms with Crippen LogP contribution in [0.1, 0.15) is 20.8 Å². The van der Waals surface area contributed by atoms with Crippen LogP contribution < -0.4 is 15.6 Å². The van der Waals surface area contributed by atoms with E-state index < -0.39 is 17.4 Å². The normalized spacial score (nSPS) is 9.95. The number of pyridine rings is 1. The Morgan fingerprint density at radius 2 is 2.00 bits per heavy atom. The van der Waals surface area contributed by atoms with Crippen molar-refractivity contribution in [2.45, 2.75) is 0 Å². The number of benzene rings is 1. The minimum atomic E-state index is -1.19. The maximum atomic E-state index is 12.0. The zero-order valence-corrected chi connectivity index (χ0v) is 11.0. The first-order chi connectivity index (χ1) is 10.0. The van der Waals surface area contributed by atoms with Gasteiger partial charge in [0.15, 0.2) is 0 Å². The van der Waals surface area contributed by atoms with Crippen molar-refractivity contribution < 1.29 is 19.4 Å². The Morgan fingerprint density at radius 3 is 2.62 bits per heavy atom. The Bertz CT molecular complexity index is 751. The Balaban J connectivity index is 2.35. The summed E-state index contributed by atoms with van der Waals surface area (Å²) in [6.45, 7) is 0. The molecule has 3 N–H and O–H groups in total. The highest BCUT2D eigenvalue weighted by molar-refractivity contribution is 6.06. The SMILES string of the molecule is COc1ccc(C(=O)O)c(NC(=O)c2cccc(=O)[nH]2)c1. The van der Waals surface area contributed by atoms with Gasteiger partial charge in [-0.1, -0.05) is 6.07 Å². The van der Waals surface area contributed by atoms with E-state index in [4.69, 9.17) is 9.84 Å². The van der Waals surface area contributed by atoms with Crippen molar-refractivity contribution >= 4 is 17.6 Å². The topological polar surface area (TPSA) is 108 Å².